The van der Waals surface area contributed by atoms with Crippen molar-refractivity contribution in [1.29, 1.82) is 0 Å². The van der Waals surface area contributed by atoms with E-state index in [0.717, 1.165) is 15.6 Å². The van der Waals surface area contributed by atoms with Gasteiger partial charge in [0.15, 0.2) is 0 Å². The van der Waals surface area contributed by atoms with Crippen molar-refractivity contribution in [3.63, 3.8) is 0 Å². The van der Waals surface area contributed by atoms with Crippen molar-refractivity contribution in [1.82, 2.24) is 14.5 Å². The normalized spacial score (nSPS) is 13.4. The number of amides is 1. The molecule has 1 N–H and O–H groups in total. The second-order valence-corrected chi connectivity index (χ2v) is 8.38. The Labute approximate surface area is 129 Å². The number of rotatable bonds is 7. The molecule has 8 nitrogen and oxygen atoms in total. The highest BCUT2D eigenvalue weighted by molar-refractivity contribution is 9.09. The number of carbonyl (C=O) groups excluding carboxylic acids is 1. The highest BCUT2D eigenvalue weighted by Crippen LogP contribution is 2.23. The summed E-state index contributed by atoms with van der Waals surface area (Å²) in [6.07, 6.45) is 0. The lowest BCUT2D eigenvalue weighted by molar-refractivity contribution is -0.114. The molecule has 0 bridgehead atoms. The highest BCUT2D eigenvalue weighted by atomic mass is 79.9. The number of aromatic nitrogens is 2. The minimum Gasteiger partial charge on any atom is -0.383 e. The van der Waals surface area contributed by atoms with E-state index in [4.69, 9.17) is 4.74 Å². The molecule has 0 aliphatic rings. The van der Waals surface area contributed by atoms with Crippen molar-refractivity contribution in [2.24, 2.45) is 0 Å². The van der Waals surface area contributed by atoms with Gasteiger partial charge in [0.1, 0.15) is 0 Å². The van der Waals surface area contributed by atoms with Gasteiger partial charge in [0.25, 0.3) is 10.0 Å². The number of halogens is 1. The minimum atomic E-state index is -3.73. The lowest BCUT2D eigenvalue weighted by atomic mass is 10.4. The molecule has 114 valence electrons. The summed E-state index contributed by atoms with van der Waals surface area (Å²) in [5.74, 6) is -0.334. The van der Waals surface area contributed by atoms with E-state index in [2.05, 4.69) is 31.4 Å². The fourth-order valence-electron chi connectivity index (χ4n) is 1.26. The van der Waals surface area contributed by atoms with Gasteiger partial charge in [-0.05, 0) is 0 Å². The molecule has 1 atom stereocenters. The Hall–Kier alpha value is -0.620. The Morgan fingerprint density at radius 1 is 1.55 bits per heavy atom. The SMILES string of the molecule is COCC(Br)CN(C)S(=O)(=O)c1nnc(NC(C)=O)s1. The molecule has 1 amide bonds. The molecular formula is C9H15BrN4O4S2. The van der Waals surface area contributed by atoms with Gasteiger partial charge >= 0.3 is 0 Å². The number of nitrogens with one attached hydrogen (secondary N) is 1. The molecule has 0 saturated heterocycles. The fourth-order valence-corrected chi connectivity index (χ4v) is 4.50. The van der Waals surface area contributed by atoms with Crippen LogP contribution >= 0.6 is 27.3 Å². The maximum atomic E-state index is 12.2. The minimum absolute atomic E-state index is 0.130. The summed E-state index contributed by atoms with van der Waals surface area (Å²) in [4.78, 5) is 10.7. The van der Waals surface area contributed by atoms with Gasteiger partial charge in [-0.3, -0.25) is 4.79 Å². The summed E-state index contributed by atoms with van der Waals surface area (Å²) in [5.41, 5.74) is 0. The van der Waals surface area contributed by atoms with Crippen LogP contribution in [0.15, 0.2) is 4.34 Å². The van der Waals surface area contributed by atoms with Crippen molar-refractivity contribution in [2.45, 2.75) is 16.1 Å². The van der Waals surface area contributed by atoms with Gasteiger partial charge in [-0.25, -0.2) is 8.42 Å². The van der Waals surface area contributed by atoms with Gasteiger partial charge in [0.2, 0.25) is 15.4 Å². The molecule has 0 spiro atoms. The molecule has 0 aliphatic carbocycles. The van der Waals surface area contributed by atoms with Crippen molar-refractivity contribution < 1.29 is 17.9 Å². The van der Waals surface area contributed by atoms with Gasteiger partial charge < -0.3 is 10.1 Å². The number of alkyl halides is 1. The first-order chi connectivity index (χ1) is 9.27. The van der Waals surface area contributed by atoms with Crippen LogP contribution in [0.2, 0.25) is 0 Å². The van der Waals surface area contributed by atoms with Crippen LogP contribution in [0.25, 0.3) is 0 Å². The van der Waals surface area contributed by atoms with Crippen LogP contribution in [0.3, 0.4) is 0 Å². The van der Waals surface area contributed by atoms with E-state index in [1.54, 1.807) is 0 Å². The van der Waals surface area contributed by atoms with Gasteiger partial charge in [-0.15, -0.1) is 10.2 Å². The Kier molecular flexibility index (Phi) is 6.45. The van der Waals surface area contributed by atoms with Crippen molar-refractivity contribution in [3.05, 3.63) is 0 Å². The predicted molar refractivity (Wildman–Crippen MR) is 78.6 cm³/mol. The molecule has 1 unspecified atom stereocenters. The standard InChI is InChI=1S/C9H15BrN4O4S2/c1-6(15)11-8-12-13-9(19-8)20(16,17)14(2)4-7(10)5-18-3/h7H,4-5H2,1-3H3,(H,11,12,15). The van der Waals surface area contributed by atoms with E-state index in [0.29, 0.717) is 6.61 Å². The molecule has 1 rings (SSSR count). The lowest BCUT2D eigenvalue weighted by Gasteiger charge is -2.18. The molecule has 1 aromatic heterocycles. The van der Waals surface area contributed by atoms with Gasteiger partial charge in [0.05, 0.1) is 11.4 Å². The van der Waals surface area contributed by atoms with Crippen LogP contribution in [-0.4, -0.2) is 61.0 Å². The molecular weight excluding hydrogens is 372 g/mol. The molecule has 11 heteroatoms. The van der Waals surface area contributed by atoms with Crippen LogP contribution < -0.4 is 5.32 Å². The average molecular weight is 387 g/mol. The summed E-state index contributed by atoms with van der Waals surface area (Å²) in [6, 6.07) is 0. The van der Waals surface area contributed by atoms with E-state index in [1.807, 2.05) is 0 Å². The van der Waals surface area contributed by atoms with Crippen LogP contribution in [0.1, 0.15) is 6.92 Å². The van der Waals surface area contributed by atoms with Crippen molar-refractivity contribution in [2.75, 3.05) is 32.6 Å². The van der Waals surface area contributed by atoms with Crippen molar-refractivity contribution >= 4 is 48.3 Å². The quantitative estimate of drug-likeness (QED) is 0.541. The maximum absolute atomic E-state index is 12.2. The third-order valence-corrected chi connectivity index (χ3v) is 5.68. The number of methoxy groups -OCH3 is 1. The summed E-state index contributed by atoms with van der Waals surface area (Å²) in [7, 11) is -0.748. The van der Waals surface area contributed by atoms with E-state index in [-0.39, 0.29) is 26.8 Å². The van der Waals surface area contributed by atoms with Crippen LogP contribution in [-0.2, 0) is 19.6 Å². The Morgan fingerprint density at radius 3 is 2.75 bits per heavy atom. The number of sulfonamides is 1. The summed E-state index contributed by atoms with van der Waals surface area (Å²) < 4.78 is 30.4. The Bertz CT molecular complexity index is 562. The van der Waals surface area contributed by atoms with Gasteiger partial charge in [-0.1, -0.05) is 27.3 Å². The van der Waals surface area contributed by atoms with E-state index < -0.39 is 10.0 Å². The largest absolute Gasteiger partial charge is 0.383 e. The number of hydrogen-bond acceptors (Lipinski definition) is 7. The van der Waals surface area contributed by atoms with Crippen LogP contribution in [0.5, 0.6) is 0 Å². The number of ether oxygens (including phenoxy) is 1. The average Bonchev–Trinajstić information content (AvgIpc) is 2.77. The second kappa shape index (κ2) is 7.41. The zero-order valence-electron chi connectivity index (χ0n) is 11.2. The zero-order valence-corrected chi connectivity index (χ0v) is 14.4. The summed E-state index contributed by atoms with van der Waals surface area (Å²) in [5, 5.41) is 9.75. The number of nitrogens with zero attached hydrogens (tertiary/aromatic N) is 3. The Balaban J connectivity index is 2.82. The molecule has 0 radical (unpaired) electrons. The summed E-state index contributed by atoms with van der Waals surface area (Å²) >= 11 is 4.13. The van der Waals surface area contributed by atoms with E-state index >= 15 is 0 Å². The third kappa shape index (κ3) is 4.74. The number of carbonyl (C=O) groups is 1. The zero-order chi connectivity index (χ0) is 15.3. The molecule has 1 heterocycles. The van der Waals surface area contributed by atoms with Crippen LogP contribution in [0, 0.1) is 0 Å². The highest BCUT2D eigenvalue weighted by Gasteiger charge is 2.27. The second-order valence-electron chi connectivity index (χ2n) is 3.89. The topological polar surface area (TPSA) is 101 Å². The number of hydrogen-bond donors (Lipinski definition) is 1. The molecule has 0 aromatic carbocycles. The molecule has 0 saturated carbocycles. The molecule has 0 fully saturated rings. The summed E-state index contributed by atoms with van der Waals surface area (Å²) in [6.45, 7) is 1.92. The number of anilines is 1. The van der Waals surface area contributed by atoms with E-state index in [9.17, 15) is 13.2 Å². The first kappa shape index (κ1) is 17.4. The third-order valence-electron chi connectivity index (χ3n) is 2.12. The smallest absolute Gasteiger partial charge is 0.272 e. The van der Waals surface area contributed by atoms with Crippen molar-refractivity contribution in [3.8, 4) is 0 Å². The molecule has 20 heavy (non-hydrogen) atoms. The fraction of sp³-hybridized carbons (Fsp3) is 0.667. The van der Waals surface area contributed by atoms with Gasteiger partial charge in [0, 0.05) is 27.6 Å². The molecule has 1 aromatic rings. The first-order valence-corrected chi connectivity index (χ1v) is 8.65. The van der Waals surface area contributed by atoms with Gasteiger partial charge in [-0.2, -0.15) is 4.31 Å². The maximum Gasteiger partial charge on any atom is 0.272 e. The van der Waals surface area contributed by atoms with E-state index in [1.165, 1.54) is 21.1 Å². The first-order valence-electron chi connectivity index (χ1n) is 5.47. The lowest BCUT2D eigenvalue weighted by Crippen LogP contribution is -2.33. The molecule has 0 aliphatic heterocycles. The predicted octanol–water partition coefficient (Wildman–Crippen LogP) is 0.527. The van der Waals surface area contributed by atoms with Crippen LogP contribution in [0.4, 0.5) is 5.13 Å². The Morgan fingerprint density at radius 2 is 2.20 bits per heavy atom. The monoisotopic (exact) mass is 386 g/mol.